The summed E-state index contributed by atoms with van der Waals surface area (Å²) in [5, 5.41) is 8.29. The molecule has 0 aromatic carbocycles. The van der Waals surface area contributed by atoms with Gasteiger partial charge >= 0.3 is 23.9 Å². The third-order valence-corrected chi connectivity index (χ3v) is 6.24. The molecule has 12 heteroatoms. The first-order valence-electron chi connectivity index (χ1n) is 12.7. The summed E-state index contributed by atoms with van der Waals surface area (Å²) in [5.41, 5.74) is 0. The summed E-state index contributed by atoms with van der Waals surface area (Å²) in [6.45, 7) is 1.41. The summed E-state index contributed by atoms with van der Waals surface area (Å²) in [6, 6.07) is 0. The fraction of sp³-hybridized carbons (Fsp3) is 0.760. The van der Waals surface area contributed by atoms with E-state index in [1.165, 1.54) is 11.8 Å². The Labute approximate surface area is 222 Å². The third kappa shape index (κ3) is 19.6. The van der Waals surface area contributed by atoms with Gasteiger partial charge in [-0.2, -0.15) is 0 Å². The highest BCUT2D eigenvalue weighted by atomic mass is 32.2. The summed E-state index contributed by atoms with van der Waals surface area (Å²) in [6.07, 6.45) is 7.58. The zero-order valence-corrected chi connectivity index (χ0v) is 22.2. The Kier molecular flexibility index (Phi) is 20.4. The van der Waals surface area contributed by atoms with Crippen molar-refractivity contribution in [2.75, 3.05) is 65.2 Å². The van der Waals surface area contributed by atoms with Gasteiger partial charge in [0.05, 0.1) is 46.1 Å². The molecule has 1 heterocycles. The maximum absolute atomic E-state index is 12.4. The molecule has 0 radical (unpaired) electrons. The van der Waals surface area contributed by atoms with Crippen LogP contribution in [0, 0.1) is 0 Å². The van der Waals surface area contributed by atoms with E-state index in [0.717, 1.165) is 44.3 Å². The molecule has 1 unspecified atom stereocenters. The zero-order valence-electron chi connectivity index (χ0n) is 21.4. The van der Waals surface area contributed by atoms with Crippen molar-refractivity contribution < 1.29 is 52.7 Å². The van der Waals surface area contributed by atoms with Gasteiger partial charge in [-0.3, -0.25) is 9.59 Å². The minimum Gasteiger partial charge on any atom is -0.466 e. The molecule has 1 N–H and O–H groups in total. The smallest absolute Gasteiger partial charge is 0.331 e. The number of aliphatic hydroxyl groups is 1. The Hall–Kier alpha value is -2.15. The summed E-state index contributed by atoms with van der Waals surface area (Å²) >= 11 is 1.26. The maximum Gasteiger partial charge on any atom is 0.331 e. The molecule has 1 rings (SSSR count). The molecule has 0 spiro atoms. The number of hydrogen-bond donors (Lipinski definition) is 1. The second kappa shape index (κ2) is 23.0. The van der Waals surface area contributed by atoms with Crippen molar-refractivity contribution in [1.29, 1.82) is 0 Å². The first kappa shape index (κ1) is 32.9. The quantitative estimate of drug-likeness (QED) is 0.312. The van der Waals surface area contributed by atoms with E-state index in [2.05, 4.69) is 0 Å². The van der Waals surface area contributed by atoms with Crippen LogP contribution >= 0.6 is 11.8 Å². The Morgan fingerprint density at radius 2 is 1.19 bits per heavy atom. The molecule has 0 aromatic heterocycles. The van der Waals surface area contributed by atoms with Crippen LogP contribution in [0.15, 0.2) is 12.2 Å². The van der Waals surface area contributed by atoms with E-state index in [0.29, 0.717) is 18.6 Å². The van der Waals surface area contributed by atoms with Gasteiger partial charge in [0.2, 0.25) is 0 Å². The summed E-state index contributed by atoms with van der Waals surface area (Å²) in [5.74, 6) is -1.72. The molecule has 0 amide bonds. The SMILES string of the molecule is O=C1/C=C/C(=O)OCCOCCOCCOC(=O)C(SCCCO)CC(=O)OCCCCCCCCO1. The lowest BCUT2D eigenvalue weighted by molar-refractivity contribution is -0.150. The van der Waals surface area contributed by atoms with Crippen molar-refractivity contribution in [3.05, 3.63) is 12.2 Å². The lowest BCUT2D eigenvalue weighted by Crippen LogP contribution is -2.26. The van der Waals surface area contributed by atoms with Crippen molar-refractivity contribution in [2.24, 2.45) is 0 Å². The molecule has 0 bridgehead atoms. The van der Waals surface area contributed by atoms with Crippen LogP contribution in [0.4, 0.5) is 0 Å². The van der Waals surface area contributed by atoms with Crippen LogP contribution in [0.1, 0.15) is 51.4 Å². The zero-order chi connectivity index (χ0) is 27.0. The van der Waals surface area contributed by atoms with Crippen molar-refractivity contribution in [3.63, 3.8) is 0 Å². The molecular formula is C25H40O11S. The molecule has 11 nitrogen and oxygen atoms in total. The second-order valence-electron chi connectivity index (χ2n) is 8.04. The van der Waals surface area contributed by atoms with Gasteiger partial charge in [-0.1, -0.05) is 25.7 Å². The van der Waals surface area contributed by atoms with Gasteiger partial charge in [0.25, 0.3) is 0 Å². The van der Waals surface area contributed by atoms with Crippen LogP contribution in [0.25, 0.3) is 0 Å². The molecule has 37 heavy (non-hydrogen) atoms. The van der Waals surface area contributed by atoms with Crippen LogP contribution in [-0.2, 0) is 47.6 Å². The minimum atomic E-state index is -0.708. The van der Waals surface area contributed by atoms with Gasteiger partial charge in [0.15, 0.2) is 0 Å². The number of carbonyl (C=O) groups is 4. The highest BCUT2D eigenvalue weighted by Gasteiger charge is 2.24. The fourth-order valence-corrected chi connectivity index (χ4v) is 4.07. The fourth-order valence-electron chi connectivity index (χ4n) is 3.03. The predicted octanol–water partition coefficient (Wildman–Crippen LogP) is 1.98. The number of rotatable bonds is 4. The first-order chi connectivity index (χ1) is 18.0. The summed E-state index contributed by atoms with van der Waals surface area (Å²) in [7, 11) is 0. The average Bonchev–Trinajstić information content (AvgIpc) is 2.88. The van der Waals surface area contributed by atoms with E-state index in [4.69, 9.17) is 33.5 Å². The number of cyclic esters (lactones) is 4. The van der Waals surface area contributed by atoms with E-state index in [9.17, 15) is 19.2 Å². The molecule has 0 aliphatic carbocycles. The van der Waals surface area contributed by atoms with Gasteiger partial charge in [-0.25, -0.2) is 9.59 Å². The van der Waals surface area contributed by atoms with Crippen molar-refractivity contribution in [1.82, 2.24) is 0 Å². The monoisotopic (exact) mass is 548 g/mol. The molecule has 0 saturated carbocycles. The highest BCUT2D eigenvalue weighted by molar-refractivity contribution is 8.00. The number of hydrogen-bond acceptors (Lipinski definition) is 12. The van der Waals surface area contributed by atoms with Crippen LogP contribution in [0.5, 0.6) is 0 Å². The lowest BCUT2D eigenvalue weighted by atomic mass is 10.1. The lowest BCUT2D eigenvalue weighted by Gasteiger charge is -2.15. The number of aliphatic hydroxyl groups excluding tert-OH is 1. The van der Waals surface area contributed by atoms with E-state index in [1.54, 1.807) is 0 Å². The van der Waals surface area contributed by atoms with E-state index < -0.39 is 29.1 Å². The van der Waals surface area contributed by atoms with Gasteiger partial charge in [-0.15, -0.1) is 11.8 Å². The topological polar surface area (TPSA) is 144 Å². The normalized spacial score (nSPS) is 22.9. The van der Waals surface area contributed by atoms with Crippen molar-refractivity contribution in [2.45, 2.75) is 56.6 Å². The molecule has 1 aliphatic rings. The maximum atomic E-state index is 12.4. The number of ether oxygens (including phenoxy) is 6. The molecule has 0 aromatic rings. The number of esters is 4. The van der Waals surface area contributed by atoms with Crippen molar-refractivity contribution >= 4 is 35.6 Å². The Morgan fingerprint density at radius 1 is 0.676 bits per heavy atom. The van der Waals surface area contributed by atoms with E-state index in [-0.39, 0.29) is 65.9 Å². The Balaban J connectivity index is 2.48. The van der Waals surface area contributed by atoms with Gasteiger partial charge in [0, 0.05) is 18.8 Å². The molecular weight excluding hydrogens is 508 g/mol. The van der Waals surface area contributed by atoms with Gasteiger partial charge in [0.1, 0.15) is 18.5 Å². The van der Waals surface area contributed by atoms with Crippen LogP contribution in [0.3, 0.4) is 0 Å². The van der Waals surface area contributed by atoms with Crippen LogP contribution in [-0.4, -0.2) is 99.4 Å². The summed E-state index contributed by atoms with van der Waals surface area (Å²) < 4.78 is 31.1. The largest absolute Gasteiger partial charge is 0.466 e. The van der Waals surface area contributed by atoms with Crippen molar-refractivity contribution in [3.8, 4) is 0 Å². The Morgan fingerprint density at radius 3 is 1.81 bits per heavy atom. The standard InChI is InChI=1S/C25H40O11S/c26-10-7-19-37-21-20-24(29)34-12-6-4-2-1-3-5-11-33-22(27)8-9-23(28)35-17-15-31-13-14-32-16-18-36-25(21)30/h8-9,21,26H,1-7,10-20H2/b9-8+. The predicted molar refractivity (Wildman–Crippen MR) is 135 cm³/mol. The molecule has 1 aliphatic heterocycles. The number of carbonyl (C=O) groups excluding carboxylic acids is 4. The Bertz CT molecular complexity index is 684. The average molecular weight is 549 g/mol. The van der Waals surface area contributed by atoms with E-state index >= 15 is 0 Å². The molecule has 1 atom stereocenters. The van der Waals surface area contributed by atoms with Crippen LogP contribution < -0.4 is 0 Å². The highest BCUT2D eigenvalue weighted by Crippen LogP contribution is 2.18. The molecule has 212 valence electrons. The third-order valence-electron chi connectivity index (χ3n) is 4.95. The molecule has 0 fully saturated rings. The summed E-state index contributed by atoms with van der Waals surface area (Å²) in [4.78, 5) is 47.9. The second-order valence-corrected chi connectivity index (χ2v) is 9.35. The van der Waals surface area contributed by atoms with E-state index in [1.807, 2.05) is 0 Å². The van der Waals surface area contributed by atoms with Gasteiger partial charge < -0.3 is 33.5 Å². The first-order valence-corrected chi connectivity index (χ1v) is 13.8. The minimum absolute atomic E-state index is 0.000244. The molecule has 0 saturated heterocycles. The van der Waals surface area contributed by atoms with Crippen LogP contribution in [0.2, 0.25) is 0 Å². The van der Waals surface area contributed by atoms with Gasteiger partial charge in [-0.05, 0) is 25.0 Å². The number of thioether (sulfide) groups is 1.